The molecule has 0 radical (unpaired) electrons. The molecular formula is C22H33N5O3. The van der Waals surface area contributed by atoms with Gasteiger partial charge in [-0.25, -0.2) is 4.79 Å². The van der Waals surface area contributed by atoms with E-state index in [1.54, 1.807) is 19.1 Å². The number of nitrogens with zero attached hydrogens (tertiary/aromatic N) is 3. The minimum absolute atomic E-state index is 0.0136. The highest BCUT2D eigenvalue weighted by Crippen LogP contribution is 2.22. The molecule has 1 aromatic carbocycles. The van der Waals surface area contributed by atoms with E-state index in [0.29, 0.717) is 18.2 Å². The van der Waals surface area contributed by atoms with Gasteiger partial charge in [0.2, 0.25) is 0 Å². The number of carbonyl (C=O) groups excluding carboxylic acids is 1. The zero-order chi connectivity index (χ0) is 22.4. The van der Waals surface area contributed by atoms with Crippen LogP contribution in [0.2, 0.25) is 0 Å². The Labute approximate surface area is 177 Å². The van der Waals surface area contributed by atoms with Crippen molar-refractivity contribution in [1.29, 1.82) is 0 Å². The molecule has 0 fully saturated rings. The number of H-pyrrole nitrogens is 1. The first-order chi connectivity index (χ1) is 14.3. The Kier molecular flexibility index (Phi) is 7.86. The number of nitrogens with two attached hydrogens (primary N) is 1. The van der Waals surface area contributed by atoms with Crippen LogP contribution in [0.3, 0.4) is 0 Å². The summed E-state index contributed by atoms with van der Waals surface area (Å²) < 4.78 is 1.32. The van der Waals surface area contributed by atoms with Gasteiger partial charge in [0.1, 0.15) is 5.82 Å². The Morgan fingerprint density at radius 3 is 2.23 bits per heavy atom. The summed E-state index contributed by atoms with van der Waals surface area (Å²) >= 11 is 0. The average molecular weight is 416 g/mol. The molecule has 8 heteroatoms. The van der Waals surface area contributed by atoms with Gasteiger partial charge in [-0.05, 0) is 58.4 Å². The van der Waals surface area contributed by atoms with E-state index in [0.717, 1.165) is 25.1 Å². The van der Waals surface area contributed by atoms with Crippen LogP contribution in [0.25, 0.3) is 0 Å². The highest BCUT2D eigenvalue weighted by molar-refractivity contribution is 6.07. The first-order valence-electron chi connectivity index (χ1n) is 10.6. The molecule has 1 heterocycles. The van der Waals surface area contributed by atoms with Gasteiger partial charge in [-0.2, -0.15) is 0 Å². The van der Waals surface area contributed by atoms with E-state index in [-0.39, 0.29) is 24.0 Å². The molecule has 3 N–H and O–H groups in total. The van der Waals surface area contributed by atoms with Crippen molar-refractivity contribution < 1.29 is 4.79 Å². The number of anilines is 3. The number of hydrogen-bond acceptors (Lipinski definition) is 5. The second kappa shape index (κ2) is 10.1. The van der Waals surface area contributed by atoms with Crippen molar-refractivity contribution in [2.45, 2.75) is 60.0 Å². The van der Waals surface area contributed by atoms with Crippen molar-refractivity contribution >= 4 is 23.1 Å². The fraction of sp³-hybridized carbons (Fsp3) is 0.500. The Balaban J connectivity index is 2.44. The van der Waals surface area contributed by atoms with Crippen LogP contribution < -0.4 is 26.8 Å². The molecule has 0 atom stereocenters. The van der Waals surface area contributed by atoms with Crippen LogP contribution in [0.4, 0.5) is 17.2 Å². The molecule has 0 bridgehead atoms. The van der Waals surface area contributed by atoms with Crippen molar-refractivity contribution in [2.75, 3.05) is 28.6 Å². The molecule has 30 heavy (non-hydrogen) atoms. The largest absolute Gasteiger partial charge is 0.383 e. The Hall–Kier alpha value is -3.03. The molecule has 164 valence electrons. The van der Waals surface area contributed by atoms with Gasteiger partial charge in [0, 0.05) is 36.9 Å². The summed E-state index contributed by atoms with van der Waals surface area (Å²) in [5.74, 6) is -0.324. The van der Waals surface area contributed by atoms with E-state index >= 15 is 0 Å². The van der Waals surface area contributed by atoms with Crippen LogP contribution in [0, 0.1) is 0 Å². The maximum Gasteiger partial charge on any atom is 0.330 e. The van der Waals surface area contributed by atoms with Gasteiger partial charge in [-0.3, -0.25) is 19.1 Å². The molecule has 0 saturated heterocycles. The Morgan fingerprint density at radius 1 is 1.10 bits per heavy atom. The van der Waals surface area contributed by atoms with E-state index in [1.165, 1.54) is 9.47 Å². The van der Waals surface area contributed by atoms with E-state index < -0.39 is 11.2 Å². The van der Waals surface area contributed by atoms with Gasteiger partial charge in [0.15, 0.2) is 5.69 Å². The minimum atomic E-state index is -0.658. The smallest absolute Gasteiger partial charge is 0.330 e. The second-order valence-electron chi connectivity index (χ2n) is 7.47. The van der Waals surface area contributed by atoms with Crippen LogP contribution >= 0.6 is 0 Å². The van der Waals surface area contributed by atoms with Crippen LogP contribution in [-0.2, 0) is 6.54 Å². The predicted octanol–water partition coefficient (Wildman–Crippen LogP) is 2.82. The zero-order valence-electron chi connectivity index (χ0n) is 18.6. The second-order valence-corrected chi connectivity index (χ2v) is 7.47. The fourth-order valence-corrected chi connectivity index (χ4v) is 3.58. The van der Waals surface area contributed by atoms with Crippen LogP contribution in [0.1, 0.15) is 57.8 Å². The monoisotopic (exact) mass is 415 g/mol. The van der Waals surface area contributed by atoms with Crippen LogP contribution in [-0.4, -0.2) is 34.6 Å². The van der Waals surface area contributed by atoms with Gasteiger partial charge in [0.05, 0.1) is 0 Å². The van der Waals surface area contributed by atoms with Crippen molar-refractivity contribution in [3.05, 3.63) is 50.7 Å². The Bertz CT molecular complexity index is 976. The lowest BCUT2D eigenvalue weighted by Gasteiger charge is -2.28. The number of benzene rings is 1. The number of rotatable bonds is 9. The van der Waals surface area contributed by atoms with E-state index in [4.69, 9.17) is 5.73 Å². The van der Waals surface area contributed by atoms with Crippen LogP contribution in [0.15, 0.2) is 33.9 Å². The number of nitrogen functional groups attached to an aromatic ring is 1. The van der Waals surface area contributed by atoms with Crippen molar-refractivity contribution in [3.8, 4) is 0 Å². The first-order valence-corrected chi connectivity index (χ1v) is 10.6. The summed E-state index contributed by atoms with van der Waals surface area (Å²) in [6, 6.07) is 7.65. The molecule has 0 saturated carbocycles. The first kappa shape index (κ1) is 23.3. The van der Waals surface area contributed by atoms with E-state index in [9.17, 15) is 14.4 Å². The zero-order valence-corrected chi connectivity index (χ0v) is 18.6. The van der Waals surface area contributed by atoms with Crippen molar-refractivity contribution in [1.82, 2.24) is 9.55 Å². The summed E-state index contributed by atoms with van der Waals surface area (Å²) in [4.78, 5) is 43.7. The lowest BCUT2D eigenvalue weighted by molar-refractivity contribution is 0.0988. The summed E-state index contributed by atoms with van der Waals surface area (Å²) in [7, 11) is 0. The number of amides is 1. The number of carbonyl (C=O) groups is 1. The number of aromatic nitrogens is 2. The number of aromatic amines is 1. The maximum atomic E-state index is 13.2. The molecule has 2 aromatic rings. The normalized spacial score (nSPS) is 11.0. The van der Waals surface area contributed by atoms with Gasteiger partial charge in [-0.15, -0.1) is 0 Å². The molecule has 0 unspecified atom stereocenters. The van der Waals surface area contributed by atoms with Gasteiger partial charge >= 0.3 is 5.69 Å². The Morgan fingerprint density at radius 2 is 1.73 bits per heavy atom. The topological polar surface area (TPSA) is 104 Å². The van der Waals surface area contributed by atoms with Crippen molar-refractivity contribution in [3.63, 3.8) is 0 Å². The molecule has 0 aliphatic rings. The minimum Gasteiger partial charge on any atom is -0.383 e. The molecule has 2 rings (SSSR count). The highest BCUT2D eigenvalue weighted by Gasteiger charge is 2.24. The summed E-state index contributed by atoms with van der Waals surface area (Å²) in [6.07, 6.45) is 1.61. The molecular weight excluding hydrogens is 382 g/mol. The number of nitrogens with one attached hydrogen (secondary N) is 1. The lowest BCUT2D eigenvalue weighted by atomic mass is 10.1. The summed E-state index contributed by atoms with van der Waals surface area (Å²) in [5.41, 5.74) is 6.45. The molecule has 0 aliphatic heterocycles. The predicted molar refractivity (Wildman–Crippen MR) is 123 cm³/mol. The third-order valence-electron chi connectivity index (χ3n) is 5.19. The van der Waals surface area contributed by atoms with Crippen LogP contribution in [0.5, 0.6) is 0 Å². The number of unbranched alkanes of at least 4 members (excludes halogenated alkanes) is 1. The fourth-order valence-electron chi connectivity index (χ4n) is 3.58. The summed E-state index contributed by atoms with van der Waals surface area (Å²) in [6.45, 7) is 11.6. The molecule has 8 nitrogen and oxygen atoms in total. The maximum absolute atomic E-state index is 13.2. The highest BCUT2D eigenvalue weighted by atomic mass is 16.2. The lowest BCUT2D eigenvalue weighted by Crippen LogP contribution is -2.41. The molecule has 1 amide bonds. The number of hydrogen-bond donors (Lipinski definition) is 2. The van der Waals surface area contributed by atoms with E-state index in [2.05, 4.69) is 30.7 Å². The molecule has 1 aromatic heterocycles. The standard InChI is InChI=1S/C22H33N5O3/c1-6-9-14-27-19(23)18(20(28)24-22(27)30)26(8-3)21(29)16-10-12-17(13-11-16)25(7-2)15(4)5/h10-13,15H,6-9,14,23H2,1-5H3,(H,24,28,30). The van der Waals surface area contributed by atoms with Gasteiger partial charge < -0.3 is 15.5 Å². The molecule has 0 aliphatic carbocycles. The third-order valence-corrected chi connectivity index (χ3v) is 5.19. The van der Waals surface area contributed by atoms with Crippen molar-refractivity contribution in [2.24, 2.45) is 0 Å². The van der Waals surface area contributed by atoms with Gasteiger partial charge in [-0.1, -0.05) is 13.3 Å². The van der Waals surface area contributed by atoms with E-state index in [1.807, 2.05) is 19.1 Å². The molecule has 0 spiro atoms. The third kappa shape index (κ3) is 4.75. The van der Waals surface area contributed by atoms with Gasteiger partial charge in [0.25, 0.3) is 11.5 Å². The average Bonchev–Trinajstić information content (AvgIpc) is 2.71. The quantitative estimate of drug-likeness (QED) is 0.655. The SMILES string of the molecule is CCCCn1c(N)c(N(CC)C(=O)c2ccc(N(CC)C(C)C)cc2)c(=O)[nH]c1=O. The summed E-state index contributed by atoms with van der Waals surface area (Å²) in [5, 5.41) is 0.